The Morgan fingerprint density at radius 1 is 1.21 bits per heavy atom. The molecule has 1 amide bonds. The molecule has 2 N–H and O–H groups in total. The van der Waals surface area contributed by atoms with Crippen molar-refractivity contribution >= 4 is 34.0 Å². The molecule has 0 saturated carbocycles. The fourth-order valence-electron chi connectivity index (χ4n) is 4.62. The Hall–Kier alpha value is -4.32. The van der Waals surface area contributed by atoms with Gasteiger partial charge in [-0.2, -0.15) is 5.10 Å². The third kappa shape index (κ3) is 6.06. The summed E-state index contributed by atoms with van der Waals surface area (Å²) in [5.41, 5.74) is 1.00. The molecule has 39 heavy (non-hydrogen) atoms. The maximum Gasteiger partial charge on any atom is 0.246 e. The maximum atomic E-state index is 13.8. The zero-order valence-electron chi connectivity index (χ0n) is 21.7. The number of aromatic nitrogens is 4. The van der Waals surface area contributed by atoms with Gasteiger partial charge in [0.2, 0.25) is 5.91 Å². The van der Waals surface area contributed by atoms with Gasteiger partial charge >= 0.3 is 0 Å². The Balaban J connectivity index is 1.26. The highest BCUT2D eigenvalue weighted by Gasteiger charge is 2.20. The van der Waals surface area contributed by atoms with E-state index in [1.807, 2.05) is 12.1 Å². The maximum absolute atomic E-state index is 13.8. The van der Waals surface area contributed by atoms with Crippen LogP contribution in [0.4, 0.5) is 26.0 Å². The number of fused-ring (bicyclic) bond motifs is 1. The van der Waals surface area contributed by atoms with E-state index < -0.39 is 17.5 Å². The van der Waals surface area contributed by atoms with Gasteiger partial charge in [-0.25, -0.2) is 18.7 Å². The van der Waals surface area contributed by atoms with Crippen LogP contribution < -0.4 is 20.1 Å². The van der Waals surface area contributed by atoms with Crippen molar-refractivity contribution in [3.05, 3.63) is 60.7 Å². The number of carbonyl (C=O) groups excluding carboxylic acids is 1. The van der Waals surface area contributed by atoms with Gasteiger partial charge in [0.05, 0.1) is 30.2 Å². The first kappa shape index (κ1) is 26.3. The van der Waals surface area contributed by atoms with Crippen LogP contribution in [0.2, 0.25) is 0 Å². The predicted molar refractivity (Wildman–Crippen MR) is 142 cm³/mol. The third-order valence-corrected chi connectivity index (χ3v) is 6.67. The molecule has 5 rings (SSSR count). The highest BCUT2D eigenvalue weighted by Crippen LogP contribution is 2.34. The number of hydrogen-bond donors (Lipinski definition) is 2. The quantitative estimate of drug-likeness (QED) is 0.308. The van der Waals surface area contributed by atoms with Crippen molar-refractivity contribution in [2.75, 3.05) is 37.4 Å². The fraction of sp³-hybridized carbons (Fsp3) is 0.333. The minimum atomic E-state index is -1.12. The van der Waals surface area contributed by atoms with Crippen molar-refractivity contribution in [1.29, 1.82) is 0 Å². The van der Waals surface area contributed by atoms with Crippen molar-refractivity contribution < 1.29 is 23.0 Å². The first-order valence-corrected chi connectivity index (χ1v) is 12.6. The molecule has 12 heteroatoms. The topological polar surface area (TPSA) is 106 Å². The molecule has 204 valence electrons. The molecule has 4 aromatic rings. The molecule has 2 aromatic carbocycles. The van der Waals surface area contributed by atoms with E-state index in [0.717, 1.165) is 19.2 Å². The summed E-state index contributed by atoms with van der Waals surface area (Å²) in [6.07, 6.45) is 7.00. The Morgan fingerprint density at radius 3 is 2.87 bits per heavy atom. The van der Waals surface area contributed by atoms with Gasteiger partial charge in [-0.3, -0.25) is 14.4 Å². The second kappa shape index (κ2) is 11.6. The molecule has 2 aromatic heterocycles. The van der Waals surface area contributed by atoms with E-state index >= 15 is 0 Å². The zero-order valence-corrected chi connectivity index (χ0v) is 21.7. The lowest BCUT2D eigenvalue weighted by atomic mass is 10.2. The van der Waals surface area contributed by atoms with Crippen LogP contribution in [0.1, 0.15) is 19.8 Å². The zero-order chi connectivity index (χ0) is 27.4. The Labute approximate surface area is 223 Å². The molecule has 3 heterocycles. The standard InChI is InChI=1S/C27H29F2N7O3/c1-17-5-4-8-35(17)9-10-39-24-12-22-19(11-23(24)38-2)27(31-16-30-22)33-18-13-32-36(14-18)15-25(37)34-21-7-3-6-20(28)26(21)29/h3,6-7,11-14,16-17H,4-5,8-10,15H2,1-2H3,(H,34,37)(H,30,31,33)/t17-/m0/s1. The number of amides is 1. The van der Waals surface area contributed by atoms with Gasteiger partial charge < -0.3 is 20.1 Å². The van der Waals surface area contributed by atoms with Crippen LogP contribution in [0, 0.1) is 11.6 Å². The van der Waals surface area contributed by atoms with E-state index in [1.165, 1.54) is 42.2 Å². The smallest absolute Gasteiger partial charge is 0.246 e. The second-order valence-electron chi connectivity index (χ2n) is 9.32. The highest BCUT2D eigenvalue weighted by atomic mass is 19.2. The van der Waals surface area contributed by atoms with Gasteiger partial charge in [0.25, 0.3) is 0 Å². The lowest BCUT2D eigenvalue weighted by Crippen LogP contribution is -2.31. The first-order valence-electron chi connectivity index (χ1n) is 12.6. The number of likely N-dealkylation sites (tertiary alicyclic amines) is 1. The number of ether oxygens (including phenoxy) is 2. The second-order valence-corrected chi connectivity index (χ2v) is 9.32. The van der Waals surface area contributed by atoms with Gasteiger partial charge in [0, 0.05) is 30.2 Å². The van der Waals surface area contributed by atoms with Crippen molar-refractivity contribution in [2.45, 2.75) is 32.4 Å². The fourth-order valence-corrected chi connectivity index (χ4v) is 4.62. The number of halogens is 2. The minimum Gasteiger partial charge on any atom is -0.493 e. The lowest BCUT2D eigenvalue weighted by molar-refractivity contribution is -0.116. The minimum absolute atomic E-state index is 0.202. The number of methoxy groups -OCH3 is 1. The number of rotatable bonds is 10. The number of carbonyl (C=O) groups is 1. The summed E-state index contributed by atoms with van der Waals surface area (Å²) in [4.78, 5) is 23.5. The van der Waals surface area contributed by atoms with Crippen LogP contribution in [0.5, 0.6) is 11.5 Å². The van der Waals surface area contributed by atoms with Crippen molar-refractivity contribution in [3.8, 4) is 11.5 Å². The van der Waals surface area contributed by atoms with Crippen LogP contribution >= 0.6 is 0 Å². The van der Waals surface area contributed by atoms with Crippen molar-refractivity contribution in [1.82, 2.24) is 24.6 Å². The summed E-state index contributed by atoms with van der Waals surface area (Å²) >= 11 is 0. The average Bonchev–Trinajstić information content (AvgIpc) is 3.54. The van der Waals surface area contributed by atoms with Gasteiger partial charge in [0.15, 0.2) is 23.1 Å². The third-order valence-electron chi connectivity index (χ3n) is 6.67. The molecular formula is C27H29F2N7O3. The summed E-state index contributed by atoms with van der Waals surface area (Å²) in [5, 5.41) is 10.4. The van der Waals surface area contributed by atoms with E-state index in [4.69, 9.17) is 9.47 Å². The molecule has 1 aliphatic rings. The summed E-state index contributed by atoms with van der Waals surface area (Å²) in [5.74, 6) is -1.03. The van der Waals surface area contributed by atoms with Crippen molar-refractivity contribution in [3.63, 3.8) is 0 Å². The lowest BCUT2D eigenvalue weighted by Gasteiger charge is -2.21. The van der Waals surface area contributed by atoms with E-state index in [2.05, 4.69) is 37.5 Å². The van der Waals surface area contributed by atoms with Crippen LogP contribution in [0.3, 0.4) is 0 Å². The van der Waals surface area contributed by atoms with Crippen LogP contribution in [0.25, 0.3) is 10.9 Å². The molecule has 0 spiro atoms. The molecular weight excluding hydrogens is 508 g/mol. The van der Waals surface area contributed by atoms with Crippen LogP contribution in [-0.2, 0) is 11.3 Å². The van der Waals surface area contributed by atoms with Gasteiger partial charge in [-0.15, -0.1) is 0 Å². The summed E-state index contributed by atoms with van der Waals surface area (Å²) < 4.78 is 40.2. The molecule has 10 nitrogen and oxygen atoms in total. The van der Waals surface area contributed by atoms with E-state index in [-0.39, 0.29) is 12.2 Å². The monoisotopic (exact) mass is 537 g/mol. The van der Waals surface area contributed by atoms with Gasteiger partial charge in [-0.05, 0) is 44.5 Å². The molecule has 1 saturated heterocycles. The molecule has 0 bridgehead atoms. The normalized spacial score (nSPS) is 15.4. The van der Waals surface area contributed by atoms with E-state index in [9.17, 15) is 13.6 Å². The Morgan fingerprint density at radius 2 is 2.08 bits per heavy atom. The number of benzene rings is 2. The van der Waals surface area contributed by atoms with Crippen LogP contribution in [-0.4, -0.2) is 63.4 Å². The number of anilines is 3. The van der Waals surface area contributed by atoms with Gasteiger partial charge in [0.1, 0.15) is 25.3 Å². The summed E-state index contributed by atoms with van der Waals surface area (Å²) in [6, 6.07) is 7.79. The number of nitrogens with zero attached hydrogens (tertiary/aromatic N) is 5. The number of nitrogens with one attached hydrogen (secondary N) is 2. The Bertz CT molecular complexity index is 1480. The highest BCUT2D eigenvalue weighted by molar-refractivity contribution is 5.93. The Kier molecular flexibility index (Phi) is 7.82. The number of hydrogen-bond acceptors (Lipinski definition) is 8. The molecule has 0 radical (unpaired) electrons. The summed E-state index contributed by atoms with van der Waals surface area (Å²) in [7, 11) is 1.58. The molecule has 1 fully saturated rings. The molecule has 1 aliphatic heterocycles. The summed E-state index contributed by atoms with van der Waals surface area (Å²) in [6.45, 7) is 4.52. The van der Waals surface area contributed by atoms with Crippen LogP contribution in [0.15, 0.2) is 49.1 Å². The predicted octanol–water partition coefficient (Wildman–Crippen LogP) is 4.36. The molecule has 0 unspecified atom stereocenters. The first-order chi connectivity index (χ1) is 18.9. The average molecular weight is 538 g/mol. The van der Waals surface area contributed by atoms with Crippen molar-refractivity contribution in [2.24, 2.45) is 0 Å². The largest absolute Gasteiger partial charge is 0.493 e. The SMILES string of the molecule is COc1cc2c(Nc3cnn(CC(=O)Nc4cccc(F)c4F)c3)ncnc2cc1OCCN1CCC[C@@H]1C. The molecule has 1 atom stereocenters. The van der Waals surface area contributed by atoms with E-state index in [1.54, 1.807) is 13.3 Å². The van der Waals surface area contributed by atoms with E-state index in [0.29, 0.717) is 46.6 Å². The molecule has 0 aliphatic carbocycles. The van der Waals surface area contributed by atoms with Gasteiger partial charge in [-0.1, -0.05) is 6.07 Å².